The third-order valence-electron chi connectivity index (χ3n) is 6.05. The van der Waals surface area contributed by atoms with Gasteiger partial charge in [0.15, 0.2) is 5.72 Å². The predicted molar refractivity (Wildman–Crippen MR) is 88.6 cm³/mol. The van der Waals surface area contributed by atoms with Crippen molar-refractivity contribution in [1.82, 2.24) is 14.4 Å². The minimum absolute atomic E-state index is 0.00489. The van der Waals surface area contributed by atoms with Crippen LogP contribution in [0.2, 0.25) is 0 Å². The number of alkyl halides is 2. The van der Waals surface area contributed by atoms with Crippen molar-refractivity contribution in [2.45, 2.75) is 58.0 Å². The third-order valence-corrected chi connectivity index (χ3v) is 6.05. The Morgan fingerprint density at radius 1 is 1.35 bits per heavy atom. The molecule has 3 fully saturated rings. The van der Waals surface area contributed by atoms with Crippen LogP contribution >= 0.6 is 0 Å². The van der Waals surface area contributed by atoms with E-state index in [-0.39, 0.29) is 30.0 Å². The number of carbonyl (C=O) groups excluding carboxylic acids is 2. The van der Waals surface area contributed by atoms with E-state index in [2.05, 4.69) is 0 Å². The molecule has 3 aliphatic rings. The molecule has 3 aliphatic heterocycles. The van der Waals surface area contributed by atoms with Gasteiger partial charge in [-0.25, -0.2) is 0 Å². The van der Waals surface area contributed by atoms with Gasteiger partial charge in [0.2, 0.25) is 5.91 Å². The van der Waals surface area contributed by atoms with Crippen molar-refractivity contribution in [3.63, 3.8) is 0 Å². The van der Waals surface area contributed by atoms with Crippen LogP contribution in [0, 0.1) is 12.8 Å². The van der Waals surface area contributed by atoms with Crippen LogP contribution in [-0.2, 0) is 9.53 Å². The molecule has 4 heterocycles. The van der Waals surface area contributed by atoms with E-state index in [1.807, 2.05) is 18.7 Å². The number of hydrogen-bond acceptors (Lipinski definition) is 3. The first-order chi connectivity index (χ1) is 12.3. The second-order valence-corrected chi connectivity index (χ2v) is 7.71. The first-order valence-electron chi connectivity index (χ1n) is 9.01. The van der Waals surface area contributed by atoms with E-state index in [0.717, 1.165) is 4.57 Å². The quantitative estimate of drug-likeness (QED) is 0.824. The number of likely N-dealkylation sites (tertiary alicyclic amines) is 1. The Balaban J connectivity index is 1.66. The largest absolute Gasteiger partial charge is 0.351 e. The molecule has 8 heteroatoms. The van der Waals surface area contributed by atoms with E-state index in [1.54, 1.807) is 11.8 Å². The van der Waals surface area contributed by atoms with Crippen LogP contribution in [0.3, 0.4) is 0 Å². The minimum Gasteiger partial charge on any atom is -0.351 e. The molecular formula is C18H23F2N3O3. The number of amides is 2. The highest BCUT2D eigenvalue weighted by molar-refractivity contribution is 5.95. The van der Waals surface area contributed by atoms with Crippen LogP contribution in [0.15, 0.2) is 12.1 Å². The molecule has 0 aliphatic carbocycles. The molecule has 0 N–H and O–H groups in total. The van der Waals surface area contributed by atoms with Gasteiger partial charge in [0.1, 0.15) is 5.69 Å². The lowest BCUT2D eigenvalue weighted by molar-refractivity contribution is -0.139. The smallest absolute Gasteiger partial charge is 0.319 e. The Morgan fingerprint density at radius 2 is 2.08 bits per heavy atom. The maximum atomic E-state index is 13.4. The van der Waals surface area contributed by atoms with E-state index in [0.29, 0.717) is 25.3 Å². The lowest BCUT2D eigenvalue weighted by Gasteiger charge is -2.34. The van der Waals surface area contributed by atoms with Crippen molar-refractivity contribution in [2.75, 3.05) is 13.2 Å². The summed E-state index contributed by atoms with van der Waals surface area (Å²) in [5, 5.41) is 0. The van der Waals surface area contributed by atoms with E-state index in [4.69, 9.17) is 4.74 Å². The van der Waals surface area contributed by atoms with E-state index >= 15 is 0 Å². The Morgan fingerprint density at radius 3 is 2.73 bits per heavy atom. The summed E-state index contributed by atoms with van der Waals surface area (Å²) < 4.78 is 33.5. The average molecular weight is 367 g/mol. The minimum atomic E-state index is -2.78. The monoisotopic (exact) mass is 367 g/mol. The number of nitrogens with zero attached hydrogens (tertiary/aromatic N) is 3. The fraction of sp³-hybridized carbons (Fsp3) is 0.667. The number of rotatable bonds is 3. The molecule has 0 radical (unpaired) electrons. The maximum absolute atomic E-state index is 13.4. The Labute approximate surface area is 150 Å². The third kappa shape index (κ3) is 2.17. The van der Waals surface area contributed by atoms with Gasteiger partial charge < -0.3 is 14.5 Å². The average Bonchev–Trinajstić information content (AvgIpc) is 3.27. The molecule has 26 heavy (non-hydrogen) atoms. The number of carbonyl (C=O) groups is 2. The molecule has 1 spiro atoms. The number of halogens is 2. The first-order valence-corrected chi connectivity index (χ1v) is 9.01. The topological polar surface area (TPSA) is 54.8 Å². The number of aromatic nitrogens is 1. The summed E-state index contributed by atoms with van der Waals surface area (Å²) in [5.74, 6) is -0.240. The first kappa shape index (κ1) is 17.5. The van der Waals surface area contributed by atoms with Gasteiger partial charge in [0, 0.05) is 18.7 Å². The maximum Gasteiger partial charge on any atom is 0.319 e. The van der Waals surface area contributed by atoms with Crippen molar-refractivity contribution >= 4 is 11.8 Å². The highest BCUT2D eigenvalue weighted by atomic mass is 19.3. The van der Waals surface area contributed by atoms with Crippen molar-refractivity contribution in [3.8, 4) is 0 Å². The Kier molecular flexibility index (Phi) is 3.87. The number of ether oxygens (including phenoxy) is 1. The molecule has 0 bridgehead atoms. The molecule has 4 rings (SSSR count). The summed E-state index contributed by atoms with van der Waals surface area (Å²) in [6, 6.07) is 2.51. The number of hydrogen-bond donors (Lipinski definition) is 0. The van der Waals surface area contributed by atoms with Crippen molar-refractivity contribution in [2.24, 2.45) is 5.92 Å². The van der Waals surface area contributed by atoms with Gasteiger partial charge in [-0.2, -0.15) is 8.78 Å². The molecule has 3 saturated heterocycles. The molecule has 1 aromatic heterocycles. The molecular weight excluding hydrogens is 344 g/mol. The van der Waals surface area contributed by atoms with Crippen LogP contribution in [0.5, 0.6) is 0 Å². The van der Waals surface area contributed by atoms with Crippen LogP contribution in [0.1, 0.15) is 49.4 Å². The Hall–Kier alpha value is -1.96. The zero-order valence-electron chi connectivity index (χ0n) is 15.1. The standard InChI is InChI=1S/C18H23F2N3O3/c1-10(2)13-9-26-18-6-7-21(14(18)8-15(24)23(13)18)16(25)12-5-4-11(3)22(12)17(19)20/h4-5,10,13-14,17H,6-9H2,1-3H3/t13-,14+,18-/m0/s1. The van der Waals surface area contributed by atoms with Gasteiger partial charge in [-0.1, -0.05) is 13.8 Å². The molecule has 142 valence electrons. The summed E-state index contributed by atoms with van der Waals surface area (Å²) in [6.45, 7) is 3.70. The van der Waals surface area contributed by atoms with Gasteiger partial charge in [0.25, 0.3) is 5.91 Å². The van der Waals surface area contributed by atoms with Gasteiger partial charge >= 0.3 is 6.55 Å². The molecule has 6 nitrogen and oxygen atoms in total. The lowest BCUT2D eigenvalue weighted by Crippen LogP contribution is -2.51. The fourth-order valence-electron chi connectivity index (χ4n) is 4.74. The highest BCUT2D eigenvalue weighted by Crippen LogP contribution is 2.49. The number of aryl methyl sites for hydroxylation is 1. The molecule has 1 aromatic rings. The highest BCUT2D eigenvalue weighted by Gasteiger charge is 2.65. The van der Waals surface area contributed by atoms with Gasteiger partial charge in [-0.3, -0.25) is 14.2 Å². The molecule has 0 saturated carbocycles. The van der Waals surface area contributed by atoms with E-state index < -0.39 is 24.2 Å². The summed E-state index contributed by atoms with van der Waals surface area (Å²) in [7, 11) is 0. The van der Waals surface area contributed by atoms with Gasteiger partial charge in [-0.15, -0.1) is 0 Å². The van der Waals surface area contributed by atoms with Gasteiger partial charge in [-0.05, 0) is 25.0 Å². The molecule has 2 amide bonds. The van der Waals surface area contributed by atoms with Crippen LogP contribution < -0.4 is 0 Å². The van der Waals surface area contributed by atoms with Crippen LogP contribution in [0.4, 0.5) is 8.78 Å². The molecule has 3 atom stereocenters. The zero-order chi connectivity index (χ0) is 18.8. The zero-order valence-corrected chi connectivity index (χ0v) is 15.1. The predicted octanol–water partition coefficient (Wildman–Crippen LogP) is 2.39. The molecule has 0 unspecified atom stereocenters. The lowest BCUT2D eigenvalue weighted by atomic mass is 10.0. The van der Waals surface area contributed by atoms with E-state index in [1.165, 1.54) is 12.1 Å². The van der Waals surface area contributed by atoms with E-state index in [9.17, 15) is 18.4 Å². The van der Waals surface area contributed by atoms with Gasteiger partial charge in [0.05, 0.1) is 25.1 Å². The van der Waals surface area contributed by atoms with Crippen LogP contribution in [-0.4, -0.2) is 57.1 Å². The van der Waals surface area contributed by atoms with Crippen molar-refractivity contribution < 1.29 is 23.1 Å². The van der Waals surface area contributed by atoms with Crippen molar-refractivity contribution in [1.29, 1.82) is 0 Å². The SMILES string of the molecule is Cc1ccc(C(=O)N2CC[C@@]34OC[C@@H](C(C)C)N3C(=O)C[C@@H]24)n1C(F)F. The van der Waals surface area contributed by atoms with Crippen LogP contribution in [0.25, 0.3) is 0 Å². The Bertz CT molecular complexity index is 763. The molecule has 0 aromatic carbocycles. The summed E-state index contributed by atoms with van der Waals surface area (Å²) in [5.41, 5.74) is -0.504. The fourth-order valence-corrected chi connectivity index (χ4v) is 4.74. The second kappa shape index (κ2) is 5.77. The second-order valence-electron chi connectivity index (χ2n) is 7.71. The van der Waals surface area contributed by atoms with Crippen molar-refractivity contribution in [3.05, 3.63) is 23.5 Å². The normalized spacial score (nSPS) is 30.7. The summed E-state index contributed by atoms with van der Waals surface area (Å²) in [4.78, 5) is 29.0. The summed E-state index contributed by atoms with van der Waals surface area (Å²) >= 11 is 0. The summed E-state index contributed by atoms with van der Waals surface area (Å²) in [6.07, 6.45) is 0.704.